The van der Waals surface area contributed by atoms with Gasteiger partial charge in [0, 0.05) is 86.8 Å². The summed E-state index contributed by atoms with van der Waals surface area (Å²) in [6.07, 6.45) is -0.946. The number of methoxy groups -OCH3 is 1. The maximum Gasteiger partial charge on any atom is 0.393 e. The summed E-state index contributed by atoms with van der Waals surface area (Å²) >= 11 is 1.05. The minimum atomic E-state index is -4.27. The Kier molecular flexibility index (Phi) is 9.64. The van der Waals surface area contributed by atoms with Gasteiger partial charge in [0.15, 0.2) is 0 Å². The number of nitrogens with one attached hydrogen (secondary N) is 1. The predicted octanol–water partition coefficient (Wildman–Crippen LogP) is 4.28. The maximum atomic E-state index is 12.9. The van der Waals surface area contributed by atoms with Crippen molar-refractivity contribution in [2.75, 3.05) is 64.5 Å². The first kappa shape index (κ1) is 33.4. The molecule has 252 valence electrons. The van der Waals surface area contributed by atoms with Crippen LogP contribution in [0.3, 0.4) is 0 Å². The molecule has 2 aliphatic rings. The summed E-state index contributed by atoms with van der Waals surface area (Å²) in [6.45, 7) is 5.82. The maximum absolute atomic E-state index is 12.9. The molecule has 6 rings (SSSR count). The molecule has 0 amide bonds. The molecule has 0 atom stereocenters. The number of sulfonamides is 1. The van der Waals surface area contributed by atoms with Gasteiger partial charge in [-0.2, -0.15) is 22.7 Å². The van der Waals surface area contributed by atoms with Crippen LogP contribution in [0.4, 0.5) is 19.0 Å². The number of thiophene rings is 1. The number of nitrogens with zero attached hydrogens (tertiary/aromatic N) is 7. The van der Waals surface area contributed by atoms with E-state index < -0.39 is 22.6 Å². The van der Waals surface area contributed by atoms with E-state index in [-0.39, 0.29) is 10.9 Å². The molecule has 0 bridgehead atoms. The molecule has 16 heteroatoms. The summed E-state index contributed by atoms with van der Waals surface area (Å²) in [7, 11) is -1.55. The number of alkyl halides is 3. The van der Waals surface area contributed by atoms with Gasteiger partial charge < -0.3 is 14.6 Å². The number of hydrogen-bond acceptors (Lipinski definition) is 10. The first-order valence-corrected chi connectivity index (χ1v) is 18.1. The molecule has 4 aromatic rings. The molecule has 0 aliphatic carbocycles. The molecule has 0 radical (unpaired) electrons. The van der Waals surface area contributed by atoms with Crippen LogP contribution in [0.1, 0.15) is 29.0 Å². The summed E-state index contributed by atoms with van der Waals surface area (Å²) < 4.78 is 71.8. The Labute approximate surface area is 275 Å². The number of anilines is 1. The Hall–Kier alpha value is -3.49. The first-order valence-electron chi connectivity index (χ1n) is 15.5. The first-order chi connectivity index (χ1) is 22.4. The third-order valence-corrected chi connectivity index (χ3v) is 11.3. The average molecular weight is 691 g/mol. The molecular formula is C31H37F3N8O3S2. The second-order valence-electron chi connectivity index (χ2n) is 12.2. The molecule has 0 saturated carbocycles. The van der Waals surface area contributed by atoms with Crippen molar-refractivity contribution in [3.63, 3.8) is 0 Å². The molecule has 2 saturated heterocycles. The summed E-state index contributed by atoms with van der Waals surface area (Å²) in [4.78, 5) is 13.8. The summed E-state index contributed by atoms with van der Waals surface area (Å²) in [5.74, 6) is 1.32. The van der Waals surface area contributed by atoms with Gasteiger partial charge in [-0.05, 0) is 31.0 Å². The molecule has 2 aliphatic heterocycles. The lowest BCUT2D eigenvalue weighted by Gasteiger charge is -2.33. The second kappa shape index (κ2) is 13.6. The zero-order valence-corrected chi connectivity index (χ0v) is 27.9. The van der Waals surface area contributed by atoms with Crippen LogP contribution >= 0.6 is 11.3 Å². The van der Waals surface area contributed by atoms with Gasteiger partial charge in [0.1, 0.15) is 34.5 Å². The molecule has 2 fully saturated rings. The number of piperazine rings is 1. The van der Waals surface area contributed by atoms with Gasteiger partial charge in [-0.25, -0.2) is 18.4 Å². The molecule has 1 N–H and O–H groups in total. The van der Waals surface area contributed by atoms with Gasteiger partial charge in [-0.1, -0.05) is 0 Å². The Balaban J connectivity index is 1.09. The topological polar surface area (TPSA) is 120 Å². The Morgan fingerprint density at radius 2 is 1.79 bits per heavy atom. The molecular weight excluding hydrogens is 654 g/mol. The second-order valence-corrected chi connectivity index (χ2v) is 15.3. The zero-order chi connectivity index (χ0) is 33.3. The van der Waals surface area contributed by atoms with Crippen molar-refractivity contribution >= 4 is 48.3 Å². The average Bonchev–Trinajstić information content (AvgIpc) is 3.59. The van der Waals surface area contributed by atoms with E-state index in [1.165, 1.54) is 16.9 Å². The van der Waals surface area contributed by atoms with E-state index in [2.05, 4.69) is 37.2 Å². The predicted molar refractivity (Wildman–Crippen MR) is 175 cm³/mol. The molecule has 3 aromatic heterocycles. The van der Waals surface area contributed by atoms with Crippen molar-refractivity contribution in [1.29, 1.82) is 5.26 Å². The van der Waals surface area contributed by atoms with Crippen LogP contribution in [-0.2, 0) is 29.5 Å². The van der Waals surface area contributed by atoms with E-state index in [9.17, 15) is 26.9 Å². The highest BCUT2D eigenvalue weighted by Crippen LogP contribution is 2.34. The quantitative estimate of drug-likeness (QED) is 0.260. The fourth-order valence-electron chi connectivity index (χ4n) is 6.49. The summed E-state index contributed by atoms with van der Waals surface area (Å²) in [5, 5.41) is 14.9. The van der Waals surface area contributed by atoms with E-state index in [4.69, 9.17) is 4.74 Å². The number of fused-ring (bicyclic) bond motifs is 2. The Morgan fingerprint density at radius 3 is 2.45 bits per heavy atom. The molecule has 1 aromatic carbocycles. The molecule has 47 heavy (non-hydrogen) atoms. The minimum Gasteiger partial charge on any atom is -0.496 e. The third-order valence-electron chi connectivity index (χ3n) is 8.94. The van der Waals surface area contributed by atoms with Crippen LogP contribution in [0.5, 0.6) is 5.75 Å². The van der Waals surface area contributed by atoms with Gasteiger partial charge in [-0.15, -0.1) is 11.3 Å². The van der Waals surface area contributed by atoms with E-state index in [1.54, 1.807) is 13.2 Å². The van der Waals surface area contributed by atoms with Crippen molar-refractivity contribution in [3.8, 4) is 11.8 Å². The fraction of sp³-hybridized carbons (Fsp3) is 0.516. The number of hydrogen-bond donors (Lipinski definition) is 1. The lowest BCUT2D eigenvalue weighted by molar-refractivity contribution is -0.126. The highest BCUT2D eigenvalue weighted by molar-refractivity contribution is 7.88. The summed E-state index contributed by atoms with van der Waals surface area (Å²) in [5.41, 5.74) is 2.51. The van der Waals surface area contributed by atoms with Gasteiger partial charge in [0.2, 0.25) is 10.0 Å². The standard InChI is InChI=1S/C31H37F3N8O3S2/c1-45-28-16-27-21(14-24(18-35)42(27)12-9-39-7-10-41(11-8-39)47(2,43)44)13-22(28)19-40-5-3-23(4-6-40)38-29-26-15-25(17-31(32,33)34)46-30(26)37-20-36-29/h13-16,20,23H,3-12,17,19H2,1-2H3,(H,36,37,38). The number of nitriles is 1. The van der Waals surface area contributed by atoms with Crippen LogP contribution in [0.15, 0.2) is 30.6 Å². The number of likely N-dealkylation sites (tertiary alicyclic amines) is 1. The van der Waals surface area contributed by atoms with Gasteiger partial charge in [0.25, 0.3) is 0 Å². The van der Waals surface area contributed by atoms with E-state index >= 15 is 0 Å². The van der Waals surface area contributed by atoms with Crippen LogP contribution in [0.25, 0.3) is 21.1 Å². The Morgan fingerprint density at radius 1 is 1.04 bits per heavy atom. The zero-order valence-electron chi connectivity index (χ0n) is 26.3. The van der Waals surface area contributed by atoms with Crippen molar-refractivity contribution < 1.29 is 26.3 Å². The monoisotopic (exact) mass is 690 g/mol. The van der Waals surface area contributed by atoms with E-state index in [1.807, 2.05) is 16.7 Å². The lowest BCUT2D eigenvalue weighted by Crippen LogP contribution is -2.48. The number of piperidine rings is 1. The molecule has 11 nitrogen and oxygen atoms in total. The van der Waals surface area contributed by atoms with Gasteiger partial charge in [0.05, 0.1) is 30.7 Å². The Bertz CT molecular complexity index is 1890. The number of aromatic nitrogens is 3. The van der Waals surface area contributed by atoms with Crippen molar-refractivity contribution in [3.05, 3.63) is 46.7 Å². The highest BCUT2D eigenvalue weighted by Gasteiger charge is 2.30. The van der Waals surface area contributed by atoms with E-state index in [0.717, 1.165) is 59.5 Å². The van der Waals surface area contributed by atoms with Crippen LogP contribution in [-0.4, -0.2) is 108 Å². The van der Waals surface area contributed by atoms with Crippen molar-refractivity contribution in [2.45, 2.75) is 44.6 Å². The number of halogens is 3. The van der Waals surface area contributed by atoms with Gasteiger partial charge >= 0.3 is 6.18 Å². The summed E-state index contributed by atoms with van der Waals surface area (Å²) in [6, 6.07) is 9.99. The molecule has 0 unspecified atom stereocenters. The third kappa shape index (κ3) is 7.81. The minimum absolute atomic E-state index is 0.126. The van der Waals surface area contributed by atoms with Crippen LogP contribution in [0.2, 0.25) is 0 Å². The van der Waals surface area contributed by atoms with Crippen molar-refractivity contribution in [1.82, 2.24) is 28.6 Å². The smallest absolute Gasteiger partial charge is 0.393 e. The number of benzene rings is 1. The highest BCUT2D eigenvalue weighted by atomic mass is 32.2. The van der Waals surface area contributed by atoms with Crippen LogP contribution in [0, 0.1) is 11.3 Å². The van der Waals surface area contributed by atoms with Crippen molar-refractivity contribution in [2.24, 2.45) is 0 Å². The molecule has 0 spiro atoms. The van der Waals surface area contributed by atoms with Gasteiger partial charge in [-0.3, -0.25) is 9.80 Å². The fourth-order valence-corrected chi connectivity index (χ4v) is 8.34. The number of ether oxygens (including phenoxy) is 1. The lowest BCUT2D eigenvalue weighted by atomic mass is 10.0. The number of rotatable bonds is 10. The van der Waals surface area contributed by atoms with Crippen LogP contribution < -0.4 is 10.1 Å². The molecule has 5 heterocycles. The normalized spacial score (nSPS) is 17.8. The van der Waals surface area contributed by atoms with E-state index in [0.29, 0.717) is 67.5 Å². The largest absolute Gasteiger partial charge is 0.496 e. The SMILES string of the molecule is COc1cc2c(cc1CN1CCC(Nc3ncnc4sc(CC(F)(F)F)cc34)CC1)cc(C#N)n2CCN1CCN(S(C)(=O)=O)CC1.